The minimum atomic E-state index is -0.262. The zero-order valence-corrected chi connectivity index (χ0v) is 17.7. The van der Waals surface area contributed by atoms with E-state index in [0.717, 1.165) is 27.4 Å². The van der Waals surface area contributed by atoms with E-state index in [-0.39, 0.29) is 6.03 Å². The first kappa shape index (κ1) is 20.6. The minimum absolute atomic E-state index is 0.262. The van der Waals surface area contributed by atoms with Crippen LogP contribution in [0, 0.1) is 6.92 Å². The molecule has 4 aromatic rings. The lowest BCUT2D eigenvalue weighted by Gasteiger charge is -2.10. The van der Waals surface area contributed by atoms with E-state index in [0.29, 0.717) is 24.0 Å². The van der Waals surface area contributed by atoms with Crippen LogP contribution in [0.1, 0.15) is 11.3 Å². The van der Waals surface area contributed by atoms with Crippen molar-refractivity contribution < 1.29 is 9.21 Å². The highest BCUT2D eigenvalue weighted by molar-refractivity contribution is 7.99. The van der Waals surface area contributed by atoms with Crippen molar-refractivity contribution >= 4 is 23.5 Å². The molecule has 156 valence electrons. The third-order valence-corrected chi connectivity index (χ3v) is 5.32. The number of carbonyl (C=O) groups excluding carboxylic acids is 1. The van der Waals surface area contributed by atoms with Gasteiger partial charge in [0.05, 0.1) is 5.69 Å². The number of amides is 2. The molecule has 31 heavy (non-hydrogen) atoms. The normalized spacial score (nSPS) is 10.6. The maximum atomic E-state index is 12.3. The molecule has 0 aliphatic carbocycles. The Morgan fingerprint density at radius 2 is 1.87 bits per heavy atom. The molecular weight excluding hydrogens is 410 g/mol. The Morgan fingerprint density at radius 3 is 2.65 bits per heavy atom. The van der Waals surface area contributed by atoms with Gasteiger partial charge in [-0.2, -0.15) is 0 Å². The molecule has 2 N–H and O–H groups in total. The summed E-state index contributed by atoms with van der Waals surface area (Å²) in [4.78, 5) is 26.2. The highest BCUT2D eigenvalue weighted by atomic mass is 32.2. The number of benzene rings is 2. The lowest BCUT2D eigenvalue weighted by atomic mass is 10.2. The Kier molecular flexibility index (Phi) is 6.59. The molecule has 0 spiro atoms. The van der Waals surface area contributed by atoms with Gasteiger partial charge in [0, 0.05) is 41.5 Å². The second-order valence-corrected chi connectivity index (χ2v) is 7.79. The third-order valence-electron chi connectivity index (χ3n) is 4.44. The van der Waals surface area contributed by atoms with Crippen LogP contribution in [-0.4, -0.2) is 27.5 Å². The van der Waals surface area contributed by atoms with E-state index < -0.39 is 0 Å². The van der Waals surface area contributed by atoms with Crippen LogP contribution in [0.3, 0.4) is 0 Å². The molecule has 0 saturated heterocycles. The lowest BCUT2D eigenvalue weighted by Crippen LogP contribution is -2.30. The smallest absolute Gasteiger partial charge is 0.319 e. The average molecular weight is 432 g/mol. The summed E-state index contributed by atoms with van der Waals surface area (Å²) in [5.41, 5.74) is 3.43. The molecule has 4 rings (SSSR count). The van der Waals surface area contributed by atoms with E-state index in [9.17, 15) is 4.79 Å². The summed E-state index contributed by atoms with van der Waals surface area (Å²) in [6.45, 7) is 2.40. The Morgan fingerprint density at radius 1 is 1.06 bits per heavy atom. The number of hydrogen-bond acceptors (Lipinski definition) is 6. The summed E-state index contributed by atoms with van der Waals surface area (Å²) in [6.07, 6.45) is 5.63. The number of urea groups is 1. The molecule has 8 heteroatoms. The zero-order valence-electron chi connectivity index (χ0n) is 16.9. The monoisotopic (exact) mass is 431 g/mol. The average Bonchev–Trinajstić information content (AvgIpc) is 3.26. The van der Waals surface area contributed by atoms with Gasteiger partial charge in [-0.15, -0.1) is 0 Å². The van der Waals surface area contributed by atoms with Gasteiger partial charge in [-0.25, -0.2) is 19.7 Å². The number of aryl methyl sites for hydroxylation is 1. The summed E-state index contributed by atoms with van der Waals surface area (Å²) in [6, 6.07) is 17.0. The van der Waals surface area contributed by atoms with Gasteiger partial charge in [0.2, 0.25) is 5.89 Å². The predicted molar refractivity (Wildman–Crippen MR) is 120 cm³/mol. The van der Waals surface area contributed by atoms with Gasteiger partial charge in [-0.3, -0.25) is 0 Å². The molecule has 0 radical (unpaired) electrons. The van der Waals surface area contributed by atoms with Crippen LogP contribution in [0.15, 0.2) is 87.7 Å². The Labute approximate surface area is 184 Å². The van der Waals surface area contributed by atoms with Crippen molar-refractivity contribution in [3.63, 3.8) is 0 Å². The topological polar surface area (TPSA) is 92.9 Å². The largest absolute Gasteiger partial charge is 0.444 e. The Balaban J connectivity index is 1.27. The van der Waals surface area contributed by atoms with Crippen LogP contribution < -0.4 is 10.6 Å². The van der Waals surface area contributed by atoms with Crippen LogP contribution in [0.4, 0.5) is 10.5 Å². The first-order valence-electron chi connectivity index (χ1n) is 9.77. The van der Waals surface area contributed by atoms with E-state index >= 15 is 0 Å². The fraction of sp³-hybridized carbons (Fsp3) is 0.130. The number of anilines is 1. The molecule has 0 atom stereocenters. The second kappa shape index (κ2) is 9.90. The quantitative estimate of drug-likeness (QED) is 0.402. The van der Waals surface area contributed by atoms with Gasteiger partial charge >= 0.3 is 6.03 Å². The second-order valence-electron chi connectivity index (χ2n) is 6.75. The summed E-state index contributed by atoms with van der Waals surface area (Å²) < 4.78 is 5.52. The van der Waals surface area contributed by atoms with Crippen LogP contribution in [0.25, 0.3) is 11.5 Å². The van der Waals surface area contributed by atoms with Crippen molar-refractivity contribution in [3.05, 3.63) is 84.5 Å². The first-order valence-corrected chi connectivity index (χ1v) is 10.6. The molecule has 0 aliphatic rings. The van der Waals surface area contributed by atoms with Crippen molar-refractivity contribution in [2.24, 2.45) is 0 Å². The zero-order chi connectivity index (χ0) is 21.5. The van der Waals surface area contributed by atoms with Crippen molar-refractivity contribution in [3.8, 4) is 11.5 Å². The molecule has 0 fully saturated rings. The molecule has 2 aromatic carbocycles. The SMILES string of the molecule is Cc1cc(Sc2ncccn2)ccc1NC(=O)NCCc1coc(-c2ccccc2)n1. The molecule has 7 nitrogen and oxygen atoms in total. The predicted octanol–water partition coefficient (Wildman–Crippen LogP) is 4.96. The molecule has 2 aromatic heterocycles. The molecule has 0 saturated carbocycles. The van der Waals surface area contributed by atoms with E-state index in [2.05, 4.69) is 25.6 Å². The number of nitrogens with zero attached hydrogens (tertiary/aromatic N) is 3. The summed E-state index contributed by atoms with van der Waals surface area (Å²) >= 11 is 1.47. The van der Waals surface area contributed by atoms with Crippen LogP contribution in [0.5, 0.6) is 0 Å². The van der Waals surface area contributed by atoms with E-state index in [1.165, 1.54) is 11.8 Å². The Bertz CT molecular complexity index is 1150. The molecular formula is C23H21N5O2S. The van der Waals surface area contributed by atoms with E-state index in [1.54, 1.807) is 24.7 Å². The van der Waals surface area contributed by atoms with Gasteiger partial charge in [-0.1, -0.05) is 18.2 Å². The number of carbonyl (C=O) groups is 1. The fourth-order valence-corrected chi connectivity index (χ4v) is 3.70. The maximum absolute atomic E-state index is 12.3. The van der Waals surface area contributed by atoms with Crippen molar-refractivity contribution in [1.29, 1.82) is 0 Å². The number of oxazole rings is 1. The van der Waals surface area contributed by atoms with E-state index in [1.807, 2.05) is 55.5 Å². The van der Waals surface area contributed by atoms with Gasteiger partial charge < -0.3 is 15.1 Å². The molecule has 2 amide bonds. The molecule has 0 bridgehead atoms. The van der Waals surface area contributed by atoms with Crippen molar-refractivity contribution in [2.45, 2.75) is 23.4 Å². The highest BCUT2D eigenvalue weighted by Gasteiger charge is 2.09. The fourth-order valence-electron chi connectivity index (χ4n) is 2.89. The number of rotatable bonds is 7. The van der Waals surface area contributed by atoms with Crippen LogP contribution in [0.2, 0.25) is 0 Å². The standard InChI is InChI=1S/C23H21N5O2S/c1-16-14-19(31-23-25-11-5-12-26-23)8-9-20(16)28-22(29)24-13-10-18-15-30-21(27-18)17-6-3-2-4-7-17/h2-9,11-12,14-15H,10,13H2,1H3,(H2,24,28,29). The first-order chi connectivity index (χ1) is 15.2. The maximum Gasteiger partial charge on any atom is 0.319 e. The van der Waals surface area contributed by atoms with E-state index in [4.69, 9.17) is 4.42 Å². The summed E-state index contributed by atoms with van der Waals surface area (Å²) in [5.74, 6) is 0.578. The van der Waals surface area contributed by atoms with Crippen LogP contribution >= 0.6 is 11.8 Å². The highest BCUT2D eigenvalue weighted by Crippen LogP contribution is 2.27. The van der Waals surface area contributed by atoms with Gasteiger partial charge in [0.1, 0.15) is 6.26 Å². The molecule has 2 heterocycles. The van der Waals surface area contributed by atoms with Crippen molar-refractivity contribution in [1.82, 2.24) is 20.3 Å². The molecule has 0 unspecified atom stereocenters. The molecule has 0 aliphatic heterocycles. The van der Waals surface area contributed by atoms with Gasteiger partial charge in [0.15, 0.2) is 5.16 Å². The van der Waals surface area contributed by atoms with Gasteiger partial charge in [0.25, 0.3) is 0 Å². The number of aromatic nitrogens is 3. The third kappa shape index (κ3) is 5.70. The lowest BCUT2D eigenvalue weighted by molar-refractivity contribution is 0.252. The summed E-state index contributed by atoms with van der Waals surface area (Å²) in [5, 5.41) is 6.42. The summed E-state index contributed by atoms with van der Waals surface area (Å²) in [7, 11) is 0. The Hall–Kier alpha value is -3.65. The van der Waals surface area contributed by atoms with Crippen LogP contribution in [-0.2, 0) is 6.42 Å². The minimum Gasteiger partial charge on any atom is -0.444 e. The van der Waals surface area contributed by atoms with Gasteiger partial charge in [-0.05, 0) is 60.6 Å². The number of hydrogen-bond donors (Lipinski definition) is 2. The van der Waals surface area contributed by atoms with Crippen molar-refractivity contribution in [2.75, 3.05) is 11.9 Å². The number of nitrogens with one attached hydrogen (secondary N) is 2.